The molecule has 60 heavy (non-hydrogen) atoms. The quantitative estimate of drug-likeness (QED) is 0.0981. The molecule has 2 aliphatic carbocycles. The standard InChI is InChI=1S/C46H48N4O9S/c1-6-31-27-46(31,43(52)50-60(54,55)35-19-13-18-33(22-35)57-28-29-14-9-7-10-15-29)49-42(51)37-23-34(25-40(37)48-44(53)59-45(2,3)4)58-41-26-38(30-16-11-8-12-17-30)47-39-24-32(56-5)20-21-36(39)41/h6-22,24,26,31,34,37,40H,1,23,25,27-28H2,2-5H3,(H,48,53)(H,49,51)(H,50,52)/t31-,34+,37+,40+,46-/m1/s1. The van der Waals surface area contributed by atoms with E-state index in [1.54, 1.807) is 33.9 Å². The number of carbonyl (C=O) groups excluding carboxylic acids is 3. The second-order valence-corrected chi connectivity index (χ2v) is 17.7. The number of aromatic nitrogens is 1. The van der Waals surface area contributed by atoms with Crippen LogP contribution in [-0.4, -0.2) is 61.7 Å². The number of rotatable bonds is 14. The summed E-state index contributed by atoms with van der Waals surface area (Å²) < 4.78 is 52.9. The number of nitrogens with zero attached hydrogens (tertiary/aromatic N) is 1. The maximum absolute atomic E-state index is 14.4. The first kappa shape index (κ1) is 41.7. The Morgan fingerprint density at radius 2 is 1.63 bits per heavy atom. The molecule has 4 aromatic carbocycles. The number of fused-ring (bicyclic) bond motifs is 1. The van der Waals surface area contributed by atoms with Gasteiger partial charge in [0.2, 0.25) is 5.91 Å². The molecule has 1 aromatic heterocycles. The Balaban J connectivity index is 1.11. The Morgan fingerprint density at radius 1 is 0.900 bits per heavy atom. The molecule has 312 valence electrons. The van der Waals surface area contributed by atoms with Gasteiger partial charge in [0.15, 0.2) is 0 Å². The fourth-order valence-corrected chi connectivity index (χ4v) is 8.50. The molecule has 0 bridgehead atoms. The average Bonchev–Trinajstić information content (AvgIpc) is 3.81. The minimum atomic E-state index is -4.40. The van der Waals surface area contributed by atoms with Crippen LogP contribution in [0.1, 0.15) is 45.6 Å². The van der Waals surface area contributed by atoms with E-state index in [1.807, 2.05) is 84.9 Å². The van der Waals surface area contributed by atoms with Gasteiger partial charge in [-0.2, -0.15) is 0 Å². The summed E-state index contributed by atoms with van der Waals surface area (Å²) in [6.07, 6.45) is 0.706. The minimum absolute atomic E-state index is 0.120. The lowest BCUT2D eigenvalue weighted by molar-refractivity contribution is -0.132. The molecule has 3 N–H and O–H groups in total. The Hall–Kier alpha value is -6.41. The van der Waals surface area contributed by atoms with Crippen molar-refractivity contribution < 1.29 is 41.7 Å². The Morgan fingerprint density at radius 3 is 2.32 bits per heavy atom. The molecular weight excluding hydrogens is 785 g/mol. The molecule has 2 aliphatic rings. The van der Waals surface area contributed by atoms with Crippen molar-refractivity contribution in [1.29, 1.82) is 0 Å². The highest BCUT2D eigenvalue weighted by Crippen LogP contribution is 2.46. The number of amides is 3. The van der Waals surface area contributed by atoms with Crippen molar-refractivity contribution in [1.82, 2.24) is 20.3 Å². The number of carbonyl (C=O) groups is 3. The number of benzene rings is 4. The number of nitrogens with one attached hydrogen (secondary N) is 3. The van der Waals surface area contributed by atoms with Crippen LogP contribution in [0.15, 0.2) is 127 Å². The molecule has 0 unspecified atom stereocenters. The van der Waals surface area contributed by atoms with Crippen molar-refractivity contribution in [3.05, 3.63) is 127 Å². The Bertz CT molecular complexity index is 2510. The number of hydrogen-bond acceptors (Lipinski definition) is 10. The van der Waals surface area contributed by atoms with Crippen molar-refractivity contribution in [2.45, 2.75) is 74.8 Å². The average molecular weight is 833 g/mol. The van der Waals surface area contributed by atoms with Gasteiger partial charge in [0.05, 0.1) is 29.1 Å². The number of alkyl carbamates (subject to hydrolysis) is 1. The smallest absolute Gasteiger partial charge is 0.407 e. The summed E-state index contributed by atoms with van der Waals surface area (Å²) in [6.45, 7) is 9.24. The van der Waals surface area contributed by atoms with Gasteiger partial charge in [0.1, 0.15) is 41.1 Å². The van der Waals surface area contributed by atoms with E-state index in [0.717, 1.165) is 16.5 Å². The van der Waals surface area contributed by atoms with Crippen LogP contribution in [0.2, 0.25) is 0 Å². The molecule has 1 heterocycles. The van der Waals surface area contributed by atoms with Crippen LogP contribution < -0.4 is 29.6 Å². The van der Waals surface area contributed by atoms with Crippen molar-refractivity contribution in [2.24, 2.45) is 11.8 Å². The Kier molecular flexibility index (Phi) is 11.9. The van der Waals surface area contributed by atoms with E-state index in [0.29, 0.717) is 28.5 Å². The molecule has 14 heteroatoms. The van der Waals surface area contributed by atoms with Crippen molar-refractivity contribution in [3.8, 4) is 28.5 Å². The van der Waals surface area contributed by atoms with Crippen LogP contribution >= 0.6 is 0 Å². The summed E-state index contributed by atoms with van der Waals surface area (Å²) in [5, 5.41) is 6.44. The van der Waals surface area contributed by atoms with Crippen LogP contribution in [0.5, 0.6) is 17.2 Å². The van der Waals surface area contributed by atoms with Gasteiger partial charge >= 0.3 is 6.09 Å². The zero-order chi connectivity index (χ0) is 42.7. The van der Waals surface area contributed by atoms with Crippen LogP contribution in [0.4, 0.5) is 4.79 Å². The van der Waals surface area contributed by atoms with Crippen molar-refractivity contribution >= 4 is 38.8 Å². The zero-order valence-electron chi connectivity index (χ0n) is 33.8. The fourth-order valence-electron chi connectivity index (χ4n) is 7.42. The van der Waals surface area contributed by atoms with E-state index in [9.17, 15) is 22.8 Å². The van der Waals surface area contributed by atoms with E-state index >= 15 is 0 Å². The molecule has 0 radical (unpaired) electrons. The first-order valence-electron chi connectivity index (χ1n) is 19.7. The molecule has 5 aromatic rings. The van der Waals surface area contributed by atoms with E-state index in [1.165, 1.54) is 24.3 Å². The summed E-state index contributed by atoms with van der Waals surface area (Å²) >= 11 is 0. The number of hydrogen-bond donors (Lipinski definition) is 3. The summed E-state index contributed by atoms with van der Waals surface area (Å²) in [5.74, 6) is -1.49. The monoisotopic (exact) mass is 832 g/mol. The van der Waals surface area contributed by atoms with E-state index < -0.39 is 63.1 Å². The summed E-state index contributed by atoms with van der Waals surface area (Å²) in [5.41, 5.74) is 0.659. The highest BCUT2D eigenvalue weighted by Gasteiger charge is 2.61. The molecule has 2 fully saturated rings. The van der Waals surface area contributed by atoms with Gasteiger partial charge in [-0.15, -0.1) is 6.58 Å². The third kappa shape index (κ3) is 9.55. The molecule has 13 nitrogen and oxygen atoms in total. The number of ether oxygens (including phenoxy) is 4. The predicted octanol–water partition coefficient (Wildman–Crippen LogP) is 7.11. The molecule has 0 aliphatic heterocycles. The summed E-state index contributed by atoms with van der Waals surface area (Å²) in [7, 11) is -2.82. The van der Waals surface area contributed by atoms with Crippen LogP contribution in [-0.2, 0) is 31.0 Å². The van der Waals surface area contributed by atoms with Crippen LogP contribution in [0, 0.1) is 11.8 Å². The molecule has 0 saturated heterocycles. The SMILES string of the molecule is C=C[C@@H]1C[C@]1(NC(=O)[C@H]1C[C@H](Oc2cc(-c3ccccc3)nc3cc(OC)ccc23)C[C@@H]1NC(=O)OC(C)(C)C)C(=O)NS(=O)(=O)c1cccc(OCc2ccccc2)c1. The van der Waals surface area contributed by atoms with Crippen molar-refractivity contribution in [2.75, 3.05) is 7.11 Å². The van der Waals surface area contributed by atoms with Crippen LogP contribution in [0.3, 0.4) is 0 Å². The van der Waals surface area contributed by atoms with Gasteiger partial charge in [-0.3, -0.25) is 9.59 Å². The van der Waals surface area contributed by atoms with Crippen LogP contribution in [0.25, 0.3) is 22.2 Å². The maximum Gasteiger partial charge on any atom is 0.407 e. The highest BCUT2D eigenvalue weighted by atomic mass is 32.2. The molecule has 7 rings (SSSR count). The Labute approximate surface area is 349 Å². The third-order valence-electron chi connectivity index (χ3n) is 10.5. The van der Waals surface area contributed by atoms with Gasteiger partial charge in [0, 0.05) is 47.5 Å². The lowest BCUT2D eigenvalue weighted by atomic mass is 10.0. The molecule has 0 spiro atoms. The van der Waals surface area contributed by atoms with Crippen molar-refractivity contribution in [3.63, 3.8) is 0 Å². The summed E-state index contributed by atoms with van der Waals surface area (Å²) in [4.78, 5) is 46.2. The highest BCUT2D eigenvalue weighted by molar-refractivity contribution is 7.90. The van der Waals surface area contributed by atoms with Gasteiger partial charge in [0.25, 0.3) is 15.9 Å². The second-order valence-electron chi connectivity index (χ2n) is 16.0. The predicted molar refractivity (Wildman–Crippen MR) is 226 cm³/mol. The topological polar surface area (TPSA) is 171 Å². The lowest BCUT2D eigenvalue weighted by Gasteiger charge is -2.26. The lowest BCUT2D eigenvalue weighted by Crippen LogP contribution is -2.55. The van der Waals surface area contributed by atoms with Gasteiger partial charge in [-0.25, -0.2) is 22.9 Å². The fraction of sp³-hybridized carbons (Fsp3) is 0.304. The third-order valence-corrected chi connectivity index (χ3v) is 11.9. The summed E-state index contributed by atoms with van der Waals surface area (Å²) in [6, 6.07) is 31.4. The van der Waals surface area contributed by atoms with E-state index in [2.05, 4.69) is 21.9 Å². The van der Waals surface area contributed by atoms with Gasteiger partial charge in [-0.1, -0.05) is 72.8 Å². The minimum Gasteiger partial charge on any atom is -0.497 e. The van der Waals surface area contributed by atoms with E-state index in [-0.39, 0.29) is 30.8 Å². The first-order chi connectivity index (χ1) is 28.7. The molecule has 3 amide bonds. The number of sulfonamides is 1. The second kappa shape index (κ2) is 17.1. The van der Waals surface area contributed by atoms with E-state index in [4.69, 9.17) is 23.9 Å². The number of methoxy groups -OCH3 is 1. The van der Waals surface area contributed by atoms with Gasteiger partial charge in [-0.05, 0) is 63.4 Å². The van der Waals surface area contributed by atoms with Gasteiger partial charge < -0.3 is 29.6 Å². The molecular formula is C46H48N4O9S. The number of pyridine rings is 1. The first-order valence-corrected chi connectivity index (χ1v) is 21.1. The zero-order valence-corrected chi connectivity index (χ0v) is 34.7. The molecule has 2 saturated carbocycles. The normalized spacial score (nSPS) is 21.0. The maximum atomic E-state index is 14.4. The largest absolute Gasteiger partial charge is 0.497 e. The molecule has 5 atom stereocenters.